The summed E-state index contributed by atoms with van der Waals surface area (Å²) in [7, 11) is 2.06. The van der Waals surface area contributed by atoms with Crippen molar-refractivity contribution in [1.29, 1.82) is 0 Å². The second-order valence-electron chi connectivity index (χ2n) is 4.36. The van der Waals surface area contributed by atoms with Gasteiger partial charge < -0.3 is 0 Å². The van der Waals surface area contributed by atoms with E-state index in [-0.39, 0.29) is 0 Å². The van der Waals surface area contributed by atoms with E-state index in [1.807, 2.05) is 0 Å². The van der Waals surface area contributed by atoms with Crippen molar-refractivity contribution in [2.45, 2.75) is 13.0 Å². The molecule has 0 saturated heterocycles. The first kappa shape index (κ1) is 11.7. The van der Waals surface area contributed by atoms with Crippen LogP contribution in [0, 0.1) is 12.3 Å². The van der Waals surface area contributed by atoms with E-state index in [4.69, 9.17) is 6.42 Å². The van der Waals surface area contributed by atoms with Gasteiger partial charge in [0.05, 0.1) is 6.54 Å². The Kier molecular flexibility index (Phi) is 3.46. The molecule has 0 N–H and O–H groups in total. The molecule has 17 heavy (non-hydrogen) atoms. The zero-order valence-electron chi connectivity index (χ0n) is 10.4. The van der Waals surface area contributed by atoms with Crippen molar-refractivity contribution in [2.75, 3.05) is 13.6 Å². The zero-order chi connectivity index (χ0) is 12.3. The number of hydrogen-bond donors (Lipinski definition) is 0. The number of nitrogens with zero attached hydrogens (tertiary/aromatic N) is 1. The van der Waals surface area contributed by atoms with Crippen LogP contribution >= 0.6 is 0 Å². The zero-order valence-corrected chi connectivity index (χ0v) is 10.4. The number of fused-ring (bicyclic) bond motifs is 1. The minimum atomic E-state index is 0.331. The Hall–Kier alpha value is -1.78. The van der Waals surface area contributed by atoms with Gasteiger partial charge in [0.1, 0.15) is 0 Å². The Labute approximate surface area is 103 Å². The minimum Gasteiger partial charge on any atom is -0.289 e. The molecule has 0 fully saturated rings. The number of terminal acetylenes is 1. The normalized spacial score (nSPS) is 12.6. The molecule has 0 aliphatic carbocycles. The second-order valence-corrected chi connectivity index (χ2v) is 4.36. The molecule has 0 amide bonds. The Morgan fingerprint density at radius 2 is 1.88 bits per heavy atom. The predicted molar refractivity (Wildman–Crippen MR) is 73.8 cm³/mol. The average molecular weight is 223 g/mol. The van der Waals surface area contributed by atoms with E-state index in [2.05, 4.69) is 67.3 Å². The lowest BCUT2D eigenvalue weighted by atomic mass is 9.99. The van der Waals surface area contributed by atoms with Gasteiger partial charge in [-0.05, 0) is 30.3 Å². The maximum atomic E-state index is 5.37. The summed E-state index contributed by atoms with van der Waals surface area (Å²) in [6.07, 6.45) is 5.37. The van der Waals surface area contributed by atoms with Gasteiger partial charge in [0.25, 0.3) is 0 Å². The first-order valence-electron chi connectivity index (χ1n) is 5.85. The van der Waals surface area contributed by atoms with Gasteiger partial charge in [0.15, 0.2) is 0 Å². The summed E-state index contributed by atoms with van der Waals surface area (Å²) in [6.45, 7) is 2.86. The fourth-order valence-corrected chi connectivity index (χ4v) is 2.13. The molecule has 0 radical (unpaired) electrons. The molecule has 2 aromatic carbocycles. The Bertz CT molecular complexity index is 545. The summed E-state index contributed by atoms with van der Waals surface area (Å²) in [5, 5.41) is 2.59. The Morgan fingerprint density at radius 1 is 1.18 bits per heavy atom. The predicted octanol–water partition coefficient (Wildman–Crippen LogP) is 3.47. The van der Waals surface area contributed by atoms with Crippen molar-refractivity contribution in [3.63, 3.8) is 0 Å². The third kappa shape index (κ3) is 2.33. The monoisotopic (exact) mass is 223 g/mol. The van der Waals surface area contributed by atoms with E-state index in [9.17, 15) is 0 Å². The summed E-state index contributed by atoms with van der Waals surface area (Å²) in [5.74, 6) is 2.69. The van der Waals surface area contributed by atoms with Gasteiger partial charge in [0.2, 0.25) is 0 Å². The van der Waals surface area contributed by atoms with Crippen LogP contribution in [0.1, 0.15) is 18.5 Å². The van der Waals surface area contributed by atoms with Crippen LogP contribution in [0.25, 0.3) is 10.8 Å². The van der Waals surface area contributed by atoms with Crippen molar-refractivity contribution in [3.05, 3.63) is 48.0 Å². The van der Waals surface area contributed by atoms with Crippen LogP contribution in [-0.4, -0.2) is 18.5 Å². The van der Waals surface area contributed by atoms with Gasteiger partial charge in [-0.15, -0.1) is 6.42 Å². The summed E-state index contributed by atoms with van der Waals surface area (Å²) in [5.41, 5.74) is 1.33. The first-order valence-corrected chi connectivity index (χ1v) is 5.85. The van der Waals surface area contributed by atoms with E-state index in [1.165, 1.54) is 16.3 Å². The molecule has 1 nitrogen and oxygen atoms in total. The largest absolute Gasteiger partial charge is 0.289 e. The molecule has 0 aromatic heterocycles. The molecule has 86 valence electrons. The van der Waals surface area contributed by atoms with Gasteiger partial charge in [-0.3, -0.25) is 4.90 Å². The van der Waals surface area contributed by atoms with Gasteiger partial charge in [-0.2, -0.15) is 0 Å². The number of rotatable bonds is 3. The molecule has 0 saturated carbocycles. The topological polar surface area (TPSA) is 3.24 Å². The van der Waals surface area contributed by atoms with Crippen molar-refractivity contribution in [1.82, 2.24) is 4.90 Å². The van der Waals surface area contributed by atoms with Crippen molar-refractivity contribution < 1.29 is 0 Å². The van der Waals surface area contributed by atoms with Gasteiger partial charge in [0, 0.05) is 6.04 Å². The standard InChI is InChI=1S/C16H17N/c1-4-12-17(3)13(2)15-11-7-9-14-8-5-6-10-16(14)15/h1,5-11,13H,12H2,2-3H3. The molecule has 2 rings (SSSR count). The highest BCUT2D eigenvalue weighted by molar-refractivity contribution is 5.86. The molecule has 0 aliphatic heterocycles. The summed E-state index contributed by atoms with van der Waals surface area (Å²) < 4.78 is 0. The lowest BCUT2D eigenvalue weighted by Gasteiger charge is -2.24. The average Bonchev–Trinajstić information content (AvgIpc) is 2.37. The fourth-order valence-electron chi connectivity index (χ4n) is 2.13. The molecule has 0 aliphatic rings. The molecule has 1 atom stereocenters. The third-order valence-corrected chi connectivity index (χ3v) is 3.28. The molecule has 0 bridgehead atoms. The maximum Gasteiger partial charge on any atom is 0.0601 e. The quantitative estimate of drug-likeness (QED) is 0.720. The Balaban J connectivity index is 2.45. The van der Waals surface area contributed by atoms with Crippen molar-refractivity contribution in [2.24, 2.45) is 0 Å². The van der Waals surface area contributed by atoms with E-state index >= 15 is 0 Å². The number of benzene rings is 2. The molecule has 0 spiro atoms. The van der Waals surface area contributed by atoms with Crippen LogP contribution in [0.2, 0.25) is 0 Å². The van der Waals surface area contributed by atoms with Crippen LogP contribution in [0.5, 0.6) is 0 Å². The molecular formula is C16H17N. The lowest BCUT2D eigenvalue weighted by Crippen LogP contribution is -2.22. The fraction of sp³-hybridized carbons (Fsp3) is 0.250. The van der Waals surface area contributed by atoms with E-state index in [0.29, 0.717) is 12.6 Å². The highest BCUT2D eigenvalue weighted by Gasteiger charge is 2.12. The first-order chi connectivity index (χ1) is 8.24. The van der Waals surface area contributed by atoms with E-state index in [0.717, 1.165) is 0 Å². The summed E-state index contributed by atoms with van der Waals surface area (Å²) >= 11 is 0. The molecular weight excluding hydrogens is 206 g/mol. The van der Waals surface area contributed by atoms with E-state index in [1.54, 1.807) is 0 Å². The molecule has 1 unspecified atom stereocenters. The van der Waals surface area contributed by atoms with Crippen LogP contribution < -0.4 is 0 Å². The summed E-state index contributed by atoms with van der Waals surface area (Å²) in [6, 6.07) is 15.2. The Morgan fingerprint density at radius 3 is 2.65 bits per heavy atom. The van der Waals surface area contributed by atoms with Crippen LogP contribution in [0.15, 0.2) is 42.5 Å². The van der Waals surface area contributed by atoms with Gasteiger partial charge >= 0.3 is 0 Å². The van der Waals surface area contributed by atoms with Gasteiger partial charge in [-0.25, -0.2) is 0 Å². The highest BCUT2D eigenvalue weighted by atomic mass is 15.1. The third-order valence-electron chi connectivity index (χ3n) is 3.28. The second kappa shape index (κ2) is 5.03. The van der Waals surface area contributed by atoms with E-state index < -0.39 is 0 Å². The maximum absolute atomic E-state index is 5.37. The van der Waals surface area contributed by atoms with Crippen molar-refractivity contribution in [3.8, 4) is 12.3 Å². The molecule has 0 heterocycles. The van der Waals surface area contributed by atoms with Crippen LogP contribution in [0.3, 0.4) is 0 Å². The van der Waals surface area contributed by atoms with Crippen LogP contribution in [0.4, 0.5) is 0 Å². The highest BCUT2D eigenvalue weighted by Crippen LogP contribution is 2.26. The molecule has 2 aromatic rings. The van der Waals surface area contributed by atoms with Gasteiger partial charge in [-0.1, -0.05) is 48.4 Å². The minimum absolute atomic E-state index is 0.331. The van der Waals surface area contributed by atoms with Crippen LogP contribution in [-0.2, 0) is 0 Å². The molecule has 1 heteroatoms. The summed E-state index contributed by atoms with van der Waals surface area (Å²) in [4.78, 5) is 2.18. The lowest BCUT2D eigenvalue weighted by molar-refractivity contribution is 0.296. The number of hydrogen-bond acceptors (Lipinski definition) is 1. The SMILES string of the molecule is C#CCN(C)C(C)c1cccc2ccccc12. The smallest absolute Gasteiger partial charge is 0.0601 e. The van der Waals surface area contributed by atoms with Crippen molar-refractivity contribution >= 4 is 10.8 Å².